The van der Waals surface area contributed by atoms with Crippen LogP contribution < -0.4 is 5.73 Å². The Morgan fingerprint density at radius 3 is 2.50 bits per heavy atom. The molecule has 1 aromatic heterocycles. The minimum Gasteiger partial charge on any atom is -0.397 e. The highest BCUT2D eigenvalue weighted by Gasteiger charge is 2.16. The fourth-order valence-corrected chi connectivity index (χ4v) is 1.50. The molecule has 0 fully saturated rings. The van der Waals surface area contributed by atoms with Crippen LogP contribution in [-0.4, -0.2) is 14.8 Å². The molecule has 84 valence electrons. The number of aromatic nitrogens is 3. The van der Waals surface area contributed by atoms with Crippen molar-refractivity contribution in [3.05, 3.63) is 35.4 Å². The highest BCUT2D eigenvalue weighted by Crippen LogP contribution is 2.23. The second kappa shape index (κ2) is 3.55. The van der Waals surface area contributed by atoms with Crippen molar-refractivity contribution in [3.8, 4) is 5.69 Å². The SMILES string of the molecule is Cc1nc(C)n(-c2c(N)ccc(F)c2F)n1. The molecule has 2 rings (SSSR count). The zero-order chi connectivity index (χ0) is 11.9. The number of hydrogen-bond acceptors (Lipinski definition) is 3. The van der Waals surface area contributed by atoms with E-state index in [2.05, 4.69) is 10.1 Å². The van der Waals surface area contributed by atoms with E-state index in [9.17, 15) is 8.78 Å². The lowest BCUT2D eigenvalue weighted by Crippen LogP contribution is -2.08. The number of benzene rings is 1. The smallest absolute Gasteiger partial charge is 0.186 e. The Morgan fingerprint density at radius 2 is 1.94 bits per heavy atom. The third-order valence-electron chi connectivity index (χ3n) is 2.19. The van der Waals surface area contributed by atoms with Gasteiger partial charge in [0, 0.05) is 0 Å². The van der Waals surface area contributed by atoms with Gasteiger partial charge in [0.15, 0.2) is 11.6 Å². The Labute approximate surface area is 90.7 Å². The van der Waals surface area contributed by atoms with Crippen LogP contribution in [0.1, 0.15) is 11.6 Å². The molecule has 0 unspecified atom stereocenters. The summed E-state index contributed by atoms with van der Waals surface area (Å²) >= 11 is 0. The van der Waals surface area contributed by atoms with E-state index < -0.39 is 11.6 Å². The molecule has 1 heterocycles. The molecule has 0 bridgehead atoms. The summed E-state index contributed by atoms with van der Waals surface area (Å²) in [6.07, 6.45) is 0. The predicted octanol–water partition coefficient (Wildman–Crippen LogP) is 1.74. The van der Waals surface area contributed by atoms with Crippen molar-refractivity contribution in [2.75, 3.05) is 5.73 Å². The van der Waals surface area contributed by atoms with Crippen LogP contribution in [-0.2, 0) is 0 Å². The van der Waals surface area contributed by atoms with E-state index in [1.165, 1.54) is 10.7 Å². The molecule has 16 heavy (non-hydrogen) atoms. The van der Waals surface area contributed by atoms with Crippen LogP contribution in [0.3, 0.4) is 0 Å². The zero-order valence-electron chi connectivity index (χ0n) is 8.83. The second-order valence-electron chi connectivity index (χ2n) is 3.42. The van der Waals surface area contributed by atoms with Gasteiger partial charge in [-0.15, -0.1) is 0 Å². The van der Waals surface area contributed by atoms with Gasteiger partial charge >= 0.3 is 0 Å². The molecular formula is C10H10F2N4. The van der Waals surface area contributed by atoms with E-state index in [0.717, 1.165) is 6.07 Å². The molecule has 1 aromatic carbocycles. The third-order valence-corrected chi connectivity index (χ3v) is 2.19. The number of nitrogens with two attached hydrogens (primary N) is 1. The molecule has 0 spiro atoms. The lowest BCUT2D eigenvalue weighted by Gasteiger charge is -2.08. The van der Waals surface area contributed by atoms with Gasteiger partial charge in [-0.2, -0.15) is 5.10 Å². The molecule has 4 nitrogen and oxygen atoms in total. The Kier molecular flexibility index (Phi) is 2.34. The van der Waals surface area contributed by atoms with Crippen molar-refractivity contribution >= 4 is 5.69 Å². The van der Waals surface area contributed by atoms with Crippen LogP contribution in [0, 0.1) is 25.5 Å². The minimum absolute atomic E-state index is 0.0990. The van der Waals surface area contributed by atoms with Gasteiger partial charge in [0.2, 0.25) is 0 Å². The highest BCUT2D eigenvalue weighted by molar-refractivity contribution is 5.58. The maximum Gasteiger partial charge on any atom is 0.186 e. The highest BCUT2D eigenvalue weighted by atomic mass is 19.2. The third kappa shape index (κ3) is 1.52. The number of hydrogen-bond donors (Lipinski definition) is 1. The standard InChI is InChI=1S/C10H10F2N4/c1-5-14-6(2)16(15-5)10-8(13)4-3-7(11)9(10)12/h3-4H,13H2,1-2H3. The summed E-state index contributed by atoms with van der Waals surface area (Å²) in [6.45, 7) is 3.31. The fraction of sp³-hybridized carbons (Fsp3) is 0.200. The first-order valence-corrected chi connectivity index (χ1v) is 4.65. The van der Waals surface area contributed by atoms with Crippen LogP contribution in [0.25, 0.3) is 5.69 Å². The molecule has 0 aliphatic heterocycles. The Balaban J connectivity index is 2.73. The van der Waals surface area contributed by atoms with Crippen molar-refractivity contribution in [1.82, 2.24) is 14.8 Å². The van der Waals surface area contributed by atoms with Crippen LogP contribution in [0.5, 0.6) is 0 Å². The van der Waals surface area contributed by atoms with Gasteiger partial charge in [-0.05, 0) is 26.0 Å². The van der Waals surface area contributed by atoms with Crippen LogP contribution in [0.2, 0.25) is 0 Å². The zero-order valence-corrected chi connectivity index (χ0v) is 8.83. The minimum atomic E-state index is -1.02. The van der Waals surface area contributed by atoms with Crippen molar-refractivity contribution in [3.63, 3.8) is 0 Å². The summed E-state index contributed by atoms with van der Waals surface area (Å²) in [5, 5.41) is 3.96. The van der Waals surface area contributed by atoms with Crippen LogP contribution in [0.4, 0.5) is 14.5 Å². The maximum atomic E-state index is 13.6. The van der Waals surface area contributed by atoms with E-state index in [-0.39, 0.29) is 11.4 Å². The molecule has 2 aromatic rings. The Hall–Kier alpha value is -1.98. The molecule has 6 heteroatoms. The quantitative estimate of drug-likeness (QED) is 0.751. The van der Waals surface area contributed by atoms with Gasteiger partial charge in [-0.1, -0.05) is 0 Å². The molecule has 0 saturated carbocycles. The first kappa shape index (κ1) is 10.5. The molecule has 0 radical (unpaired) electrons. The normalized spacial score (nSPS) is 10.8. The van der Waals surface area contributed by atoms with Crippen molar-refractivity contribution < 1.29 is 8.78 Å². The number of nitrogen functional groups attached to an aromatic ring is 1. The average molecular weight is 224 g/mol. The lowest BCUT2D eigenvalue weighted by atomic mass is 10.2. The van der Waals surface area contributed by atoms with Crippen molar-refractivity contribution in [1.29, 1.82) is 0 Å². The van der Waals surface area contributed by atoms with Gasteiger partial charge in [0.05, 0.1) is 5.69 Å². The summed E-state index contributed by atoms with van der Waals surface area (Å²) in [5.41, 5.74) is 5.62. The first-order valence-electron chi connectivity index (χ1n) is 4.65. The predicted molar refractivity (Wildman–Crippen MR) is 55.2 cm³/mol. The summed E-state index contributed by atoms with van der Waals surface area (Å²) < 4.78 is 27.9. The number of halogens is 2. The summed E-state index contributed by atoms with van der Waals surface area (Å²) in [7, 11) is 0. The van der Waals surface area contributed by atoms with E-state index in [1.54, 1.807) is 13.8 Å². The monoisotopic (exact) mass is 224 g/mol. The first-order chi connectivity index (χ1) is 7.50. The second-order valence-corrected chi connectivity index (χ2v) is 3.42. The van der Waals surface area contributed by atoms with Crippen molar-refractivity contribution in [2.24, 2.45) is 0 Å². The molecule has 2 N–H and O–H groups in total. The van der Waals surface area contributed by atoms with E-state index in [1.807, 2.05) is 0 Å². The molecule has 0 aliphatic carbocycles. The lowest BCUT2D eigenvalue weighted by molar-refractivity contribution is 0.501. The summed E-state index contributed by atoms with van der Waals surface area (Å²) in [5.74, 6) is -1.06. The molecule has 0 aliphatic rings. The van der Waals surface area contributed by atoms with E-state index in [0.29, 0.717) is 11.6 Å². The molecule has 0 saturated heterocycles. The average Bonchev–Trinajstić information content (AvgIpc) is 2.53. The van der Waals surface area contributed by atoms with Gasteiger partial charge < -0.3 is 5.73 Å². The maximum absolute atomic E-state index is 13.6. The largest absolute Gasteiger partial charge is 0.397 e. The van der Waals surface area contributed by atoms with Gasteiger partial charge in [-0.3, -0.25) is 0 Å². The summed E-state index contributed by atoms with van der Waals surface area (Å²) in [4.78, 5) is 4.01. The van der Waals surface area contributed by atoms with Crippen molar-refractivity contribution in [2.45, 2.75) is 13.8 Å². The van der Waals surface area contributed by atoms with Gasteiger partial charge in [0.1, 0.15) is 17.3 Å². The van der Waals surface area contributed by atoms with E-state index >= 15 is 0 Å². The number of aryl methyl sites for hydroxylation is 2. The van der Waals surface area contributed by atoms with Crippen LogP contribution >= 0.6 is 0 Å². The Morgan fingerprint density at radius 1 is 1.25 bits per heavy atom. The number of rotatable bonds is 1. The molecule has 0 amide bonds. The topological polar surface area (TPSA) is 56.7 Å². The number of nitrogens with zero attached hydrogens (tertiary/aromatic N) is 3. The number of anilines is 1. The molecular weight excluding hydrogens is 214 g/mol. The van der Waals surface area contributed by atoms with E-state index in [4.69, 9.17) is 5.73 Å². The van der Waals surface area contributed by atoms with Crippen LogP contribution in [0.15, 0.2) is 12.1 Å². The Bertz CT molecular complexity index is 548. The fourth-order valence-electron chi connectivity index (χ4n) is 1.50. The van der Waals surface area contributed by atoms with Gasteiger partial charge in [-0.25, -0.2) is 18.4 Å². The summed E-state index contributed by atoms with van der Waals surface area (Å²) in [6, 6.07) is 2.28. The van der Waals surface area contributed by atoms with Gasteiger partial charge in [0.25, 0.3) is 0 Å². The molecule has 0 atom stereocenters.